The van der Waals surface area contributed by atoms with Crippen molar-refractivity contribution in [2.45, 2.75) is 12.8 Å². The summed E-state index contributed by atoms with van der Waals surface area (Å²) in [6.07, 6.45) is 5.13. The minimum Gasteiger partial charge on any atom is -0.352 e. The number of carbonyl (C=O) groups excluding carboxylic acids is 1. The van der Waals surface area contributed by atoms with Crippen LogP contribution in [0, 0.1) is 10.1 Å². The Morgan fingerprint density at radius 1 is 1.50 bits per heavy atom. The van der Waals surface area contributed by atoms with Crippen LogP contribution in [0.15, 0.2) is 30.6 Å². The number of hydrogen-bond acceptors (Lipinski definition) is 4. The van der Waals surface area contributed by atoms with E-state index >= 15 is 0 Å². The van der Waals surface area contributed by atoms with Crippen LogP contribution in [-0.4, -0.2) is 27.2 Å². The summed E-state index contributed by atoms with van der Waals surface area (Å²) >= 11 is 5.90. The van der Waals surface area contributed by atoms with Crippen molar-refractivity contribution in [3.05, 3.63) is 56.9 Å². The Balaban J connectivity index is 1.94. The fraction of sp³-hybridized carbons (Fsp3) is 0.286. The van der Waals surface area contributed by atoms with Crippen LogP contribution in [0.4, 0.5) is 5.69 Å². The molecule has 0 radical (unpaired) electrons. The monoisotopic (exact) mass is 322 g/mol. The number of aromatic nitrogens is 2. The van der Waals surface area contributed by atoms with Gasteiger partial charge in [0.2, 0.25) is 0 Å². The SMILES string of the molecule is Cn1cc(CCCNC(=O)c2c(Cl)cccc2[N+](=O)[O-])cn1. The lowest BCUT2D eigenvalue weighted by Gasteiger charge is -2.07. The molecule has 7 nitrogen and oxygen atoms in total. The van der Waals surface area contributed by atoms with E-state index in [1.807, 2.05) is 13.2 Å². The molecule has 2 rings (SSSR count). The predicted octanol–water partition coefficient (Wildman–Crippen LogP) is 2.34. The fourth-order valence-corrected chi connectivity index (χ4v) is 2.33. The highest BCUT2D eigenvalue weighted by molar-refractivity contribution is 6.34. The van der Waals surface area contributed by atoms with E-state index in [0.717, 1.165) is 12.0 Å². The molecule has 1 N–H and O–H groups in total. The summed E-state index contributed by atoms with van der Waals surface area (Å²) in [7, 11) is 1.84. The molecule has 0 aliphatic heterocycles. The molecule has 0 bridgehead atoms. The van der Waals surface area contributed by atoms with Gasteiger partial charge >= 0.3 is 0 Å². The zero-order valence-corrected chi connectivity index (χ0v) is 12.7. The maximum absolute atomic E-state index is 12.1. The Labute approximate surface area is 132 Å². The summed E-state index contributed by atoms with van der Waals surface area (Å²) in [4.78, 5) is 22.4. The third kappa shape index (κ3) is 3.82. The van der Waals surface area contributed by atoms with Crippen molar-refractivity contribution in [1.82, 2.24) is 15.1 Å². The summed E-state index contributed by atoms with van der Waals surface area (Å²) in [6.45, 7) is 0.399. The van der Waals surface area contributed by atoms with Crippen LogP contribution in [0.1, 0.15) is 22.3 Å². The Kier molecular flexibility index (Phi) is 5.11. The van der Waals surface area contributed by atoms with Crippen LogP contribution in [0.3, 0.4) is 0 Å². The molecule has 0 unspecified atom stereocenters. The van der Waals surface area contributed by atoms with Gasteiger partial charge in [-0.2, -0.15) is 5.10 Å². The van der Waals surface area contributed by atoms with E-state index in [2.05, 4.69) is 10.4 Å². The second-order valence-corrected chi connectivity index (χ2v) is 5.18. The van der Waals surface area contributed by atoms with Crippen molar-refractivity contribution in [1.29, 1.82) is 0 Å². The molecule has 8 heteroatoms. The molecule has 0 aliphatic rings. The maximum atomic E-state index is 12.1. The summed E-state index contributed by atoms with van der Waals surface area (Å²) in [6, 6.07) is 4.16. The van der Waals surface area contributed by atoms with E-state index in [-0.39, 0.29) is 16.3 Å². The van der Waals surface area contributed by atoms with Gasteiger partial charge in [0.1, 0.15) is 5.56 Å². The lowest BCUT2D eigenvalue weighted by molar-refractivity contribution is -0.385. The first-order chi connectivity index (χ1) is 10.5. The smallest absolute Gasteiger partial charge is 0.283 e. The fourth-order valence-electron chi connectivity index (χ4n) is 2.07. The minimum absolute atomic E-state index is 0.0685. The number of carbonyl (C=O) groups is 1. The standard InChI is InChI=1S/C14H15ClN4O3/c1-18-9-10(8-17-18)4-3-7-16-14(20)13-11(15)5-2-6-12(13)19(21)22/h2,5-6,8-9H,3-4,7H2,1H3,(H,16,20). The molecular weight excluding hydrogens is 308 g/mol. The van der Waals surface area contributed by atoms with E-state index < -0.39 is 10.8 Å². The van der Waals surface area contributed by atoms with Crippen LogP contribution in [0.5, 0.6) is 0 Å². The van der Waals surface area contributed by atoms with E-state index in [1.54, 1.807) is 10.9 Å². The van der Waals surface area contributed by atoms with Gasteiger partial charge < -0.3 is 5.32 Å². The van der Waals surface area contributed by atoms with Gasteiger partial charge in [0.25, 0.3) is 11.6 Å². The molecular formula is C14H15ClN4O3. The number of benzene rings is 1. The Hall–Kier alpha value is -2.41. The third-order valence-electron chi connectivity index (χ3n) is 3.10. The highest BCUT2D eigenvalue weighted by atomic mass is 35.5. The highest BCUT2D eigenvalue weighted by Gasteiger charge is 2.22. The molecule has 0 fully saturated rings. The van der Waals surface area contributed by atoms with Crippen molar-refractivity contribution in [2.75, 3.05) is 6.54 Å². The Bertz CT molecular complexity index is 699. The van der Waals surface area contributed by atoms with Gasteiger partial charge in [0, 0.05) is 25.9 Å². The lowest BCUT2D eigenvalue weighted by Crippen LogP contribution is -2.25. The van der Waals surface area contributed by atoms with Gasteiger partial charge in [-0.25, -0.2) is 0 Å². The second-order valence-electron chi connectivity index (χ2n) is 4.77. The normalized spacial score (nSPS) is 10.5. The van der Waals surface area contributed by atoms with Gasteiger partial charge in [0.05, 0.1) is 16.1 Å². The van der Waals surface area contributed by atoms with Crippen LogP contribution < -0.4 is 5.32 Å². The molecule has 0 saturated heterocycles. The quantitative estimate of drug-likeness (QED) is 0.502. The van der Waals surface area contributed by atoms with Gasteiger partial charge in [-0.3, -0.25) is 19.6 Å². The number of nitro groups is 1. The number of hydrogen-bond donors (Lipinski definition) is 1. The molecule has 2 aromatic rings. The van der Waals surface area contributed by atoms with Gasteiger partial charge in [0.15, 0.2) is 0 Å². The van der Waals surface area contributed by atoms with E-state index in [9.17, 15) is 14.9 Å². The number of nitrogens with one attached hydrogen (secondary N) is 1. The molecule has 1 heterocycles. The van der Waals surface area contributed by atoms with E-state index in [1.165, 1.54) is 18.2 Å². The zero-order valence-electron chi connectivity index (χ0n) is 12.0. The van der Waals surface area contributed by atoms with E-state index in [4.69, 9.17) is 11.6 Å². The molecule has 1 aromatic heterocycles. The van der Waals surface area contributed by atoms with Crippen LogP contribution in [0.25, 0.3) is 0 Å². The van der Waals surface area contributed by atoms with Crippen molar-refractivity contribution in [2.24, 2.45) is 7.05 Å². The largest absolute Gasteiger partial charge is 0.352 e. The van der Waals surface area contributed by atoms with Gasteiger partial charge in [-0.1, -0.05) is 17.7 Å². The summed E-state index contributed by atoms with van der Waals surface area (Å²) < 4.78 is 1.71. The second kappa shape index (κ2) is 7.04. The first-order valence-electron chi connectivity index (χ1n) is 6.67. The minimum atomic E-state index is -0.615. The van der Waals surface area contributed by atoms with Crippen LogP contribution in [0.2, 0.25) is 5.02 Å². The van der Waals surface area contributed by atoms with Crippen LogP contribution >= 0.6 is 11.6 Å². The van der Waals surface area contributed by atoms with Crippen LogP contribution in [-0.2, 0) is 13.5 Å². The van der Waals surface area contributed by atoms with Crippen molar-refractivity contribution in [3.8, 4) is 0 Å². The summed E-state index contributed by atoms with van der Waals surface area (Å²) in [5, 5.41) is 17.7. The van der Waals surface area contributed by atoms with Crippen molar-refractivity contribution in [3.63, 3.8) is 0 Å². The number of halogens is 1. The molecule has 1 amide bonds. The molecule has 0 saturated carbocycles. The highest BCUT2D eigenvalue weighted by Crippen LogP contribution is 2.25. The molecule has 22 heavy (non-hydrogen) atoms. The average molecular weight is 323 g/mol. The topological polar surface area (TPSA) is 90.1 Å². The molecule has 116 valence electrons. The first kappa shape index (κ1) is 16.0. The predicted molar refractivity (Wildman–Crippen MR) is 82.0 cm³/mol. The first-order valence-corrected chi connectivity index (χ1v) is 7.05. The van der Waals surface area contributed by atoms with Gasteiger partial charge in [-0.15, -0.1) is 0 Å². The third-order valence-corrected chi connectivity index (χ3v) is 3.42. The number of amides is 1. The maximum Gasteiger partial charge on any atom is 0.283 e. The Morgan fingerprint density at radius 2 is 2.27 bits per heavy atom. The number of rotatable bonds is 6. The summed E-state index contributed by atoms with van der Waals surface area (Å²) in [5.41, 5.74) is 0.674. The summed E-state index contributed by atoms with van der Waals surface area (Å²) in [5.74, 6) is -0.538. The zero-order chi connectivity index (χ0) is 16.1. The van der Waals surface area contributed by atoms with Crippen molar-refractivity contribution < 1.29 is 9.72 Å². The molecule has 0 atom stereocenters. The Morgan fingerprint density at radius 3 is 2.91 bits per heavy atom. The molecule has 0 spiro atoms. The van der Waals surface area contributed by atoms with E-state index in [0.29, 0.717) is 13.0 Å². The number of nitro benzene ring substituents is 1. The number of aryl methyl sites for hydroxylation is 2. The average Bonchev–Trinajstić information content (AvgIpc) is 2.88. The number of nitrogens with zero attached hydrogens (tertiary/aromatic N) is 3. The lowest BCUT2D eigenvalue weighted by atomic mass is 10.1. The molecule has 1 aromatic carbocycles. The van der Waals surface area contributed by atoms with Gasteiger partial charge in [-0.05, 0) is 24.5 Å². The van der Waals surface area contributed by atoms with Crippen molar-refractivity contribution >= 4 is 23.2 Å². The molecule has 0 aliphatic carbocycles.